The topological polar surface area (TPSA) is 60.7 Å². The van der Waals surface area contributed by atoms with Gasteiger partial charge in [-0.25, -0.2) is 9.18 Å². The summed E-state index contributed by atoms with van der Waals surface area (Å²) in [6, 6.07) is 29.1. The number of fused-ring (bicyclic) bond motifs is 1. The van der Waals surface area contributed by atoms with Crippen LogP contribution in [-0.2, 0) is 11.3 Å². The molecule has 0 aliphatic carbocycles. The average Bonchev–Trinajstić information content (AvgIpc) is 3.64. The number of halogens is 1. The molecular formula is C34H28FNO4. The third-order valence-electron chi connectivity index (χ3n) is 7.42. The number of benzene rings is 4. The Morgan fingerprint density at radius 3 is 2.40 bits per heavy atom. The first kappa shape index (κ1) is 25.6. The van der Waals surface area contributed by atoms with Crippen LogP contribution in [0.1, 0.15) is 28.0 Å². The van der Waals surface area contributed by atoms with Crippen LogP contribution in [0.2, 0.25) is 0 Å². The van der Waals surface area contributed by atoms with Crippen LogP contribution in [0, 0.1) is 11.7 Å². The van der Waals surface area contributed by atoms with Crippen molar-refractivity contribution in [3.05, 3.63) is 126 Å². The molecule has 1 unspecified atom stereocenters. The van der Waals surface area contributed by atoms with E-state index < -0.39 is 5.97 Å². The fourth-order valence-electron chi connectivity index (χ4n) is 5.39. The predicted octanol–water partition coefficient (Wildman–Crippen LogP) is 7.76. The summed E-state index contributed by atoms with van der Waals surface area (Å²) in [5.41, 5.74) is 6.41. The first-order valence-corrected chi connectivity index (χ1v) is 13.2. The zero-order valence-corrected chi connectivity index (χ0v) is 21.8. The number of aromatic nitrogens is 1. The van der Waals surface area contributed by atoms with E-state index in [0.29, 0.717) is 25.6 Å². The van der Waals surface area contributed by atoms with Crippen molar-refractivity contribution in [2.24, 2.45) is 5.92 Å². The number of carboxylic acid groups (broad SMARTS) is 1. The van der Waals surface area contributed by atoms with Crippen LogP contribution in [0.3, 0.4) is 0 Å². The molecule has 4 aromatic carbocycles. The summed E-state index contributed by atoms with van der Waals surface area (Å²) in [5, 5.41) is 10.4. The Bertz CT molecular complexity index is 1680. The van der Waals surface area contributed by atoms with E-state index in [-0.39, 0.29) is 17.3 Å². The molecule has 0 spiro atoms. The predicted molar refractivity (Wildman–Crippen MR) is 154 cm³/mol. The van der Waals surface area contributed by atoms with Crippen LogP contribution >= 0.6 is 0 Å². The fourth-order valence-corrected chi connectivity index (χ4v) is 5.39. The van der Waals surface area contributed by atoms with Crippen LogP contribution in [0.5, 0.6) is 5.75 Å². The summed E-state index contributed by atoms with van der Waals surface area (Å²) in [6.45, 7) is 6.16. The minimum atomic E-state index is -0.986. The van der Waals surface area contributed by atoms with Crippen molar-refractivity contribution in [3.8, 4) is 22.6 Å². The largest absolute Gasteiger partial charge is 0.488 e. The summed E-state index contributed by atoms with van der Waals surface area (Å²) in [4.78, 5) is 11.6. The van der Waals surface area contributed by atoms with Gasteiger partial charge >= 0.3 is 5.97 Å². The highest BCUT2D eigenvalue weighted by atomic mass is 19.1. The quantitative estimate of drug-likeness (QED) is 0.221. The van der Waals surface area contributed by atoms with E-state index in [0.717, 1.165) is 51.0 Å². The highest BCUT2D eigenvalue weighted by Gasteiger charge is 2.29. The standard InChI is InChI=1S/C34H28FNO4/c1-22(26-18-19-39-21-26)33-31(24-10-12-25(13-11-24)34(37)38)32-29(36(33)28-16-14-27(35)15-17-28)8-5-9-30(32)40-20-23-6-3-2-4-7-23/h2-17,26H,1,18-21H2,(H,37,38). The molecule has 1 aliphatic heterocycles. The second kappa shape index (κ2) is 10.8. The number of carboxylic acids is 1. The van der Waals surface area contributed by atoms with Gasteiger partial charge in [-0.05, 0) is 71.7 Å². The third-order valence-corrected chi connectivity index (χ3v) is 7.42. The van der Waals surface area contributed by atoms with Gasteiger partial charge in [-0.3, -0.25) is 0 Å². The van der Waals surface area contributed by atoms with Gasteiger partial charge in [0.05, 0.1) is 28.8 Å². The molecule has 0 amide bonds. The average molecular weight is 534 g/mol. The minimum absolute atomic E-state index is 0.106. The molecule has 5 nitrogen and oxygen atoms in total. The Morgan fingerprint density at radius 1 is 0.975 bits per heavy atom. The molecule has 1 fully saturated rings. The molecule has 5 aromatic rings. The van der Waals surface area contributed by atoms with Gasteiger partial charge < -0.3 is 19.1 Å². The van der Waals surface area contributed by atoms with Crippen molar-refractivity contribution in [2.45, 2.75) is 13.0 Å². The van der Waals surface area contributed by atoms with Crippen molar-refractivity contribution in [1.82, 2.24) is 4.57 Å². The second-order valence-electron chi connectivity index (χ2n) is 9.93. The first-order valence-electron chi connectivity index (χ1n) is 13.2. The Labute approximate surface area is 231 Å². The van der Waals surface area contributed by atoms with Gasteiger partial charge in [0.25, 0.3) is 0 Å². The number of hydrogen-bond acceptors (Lipinski definition) is 3. The number of ether oxygens (including phenoxy) is 2. The van der Waals surface area contributed by atoms with Gasteiger partial charge in [-0.15, -0.1) is 0 Å². The fraction of sp³-hybridized carbons (Fsp3) is 0.147. The Hall–Kier alpha value is -4.68. The van der Waals surface area contributed by atoms with Gasteiger partial charge in [-0.1, -0.05) is 55.1 Å². The first-order chi connectivity index (χ1) is 19.5. The van der Waals surface area contributed by atoms with Crippen molar-refractivity contribution >= 4 is 22.4 Å². The molecule has 1 aromatic heterocycles. The van der Waals surface area contributed by atoms with Crippen molar-refractivity contribution in [2.75, 3.05) is 13.2 Å². The number of rotatable bonds is 8. The maximum atomic E-state index is 14.0. The summed E-state index contributed by atoms with van der Waals surface area (Å²) in [7, 11) is 0. The van der Waals surface area contributed by atoms with Gasteiger partial charge in [0.15, 0.2) is 0 Å². The number of carbonyl (C=O) groups is 1. The molecule has 1 aliphatic rings. The smallest absolute Gasteiger partial charge is 0.335 e. The summed E-state index contributed by atoms with van der Waals surface area (Å²) < 4.78 is 28.3. The SMILES string of the molecule is C=C(c1c(-c2ccc(C(=O)O)cc2)c2c(OCc3ccccc3)cccc2n1-c1ccc(F)cc1)C1CCOC1. The van der Waals surface area contributed by atoms with E-state index in [1.54, 1.807) is 24.3 Å². The molecule has 0 saturated carbocycles. The highest BCUT2D eigenvalue weighted by molar-refractivity contribution is 6.07. The summed E-state index contributed by atoms with van der Waals surface area (Å²) in [5.74, 6) is -0.508. The van der Waals surface area contributed by atoms with E-state index in [9.17, 15) is 14.3 Å². The van der Waals surface area contributed by atoms with Crippen molar-refractivity contribution in [3.63, 3.8) is 0 Å². The molecule has 0 bridgehead atoms. The lowest BCUT2D eigenvalue weighted by Gasteiger charge is -2.18. The van der Waals surface area contributed by atoms with Gasteiger partial charge in [-0.2, -0.15) is 0 Å². The zero-order valence-electron chi connectivity index (χ0n) is 21.8. The minimum Gasteiger partial charge on any atom is -0.488 e. The van der Waals surface area contributed by atoms with E-state index in [2.05, 4.69) is 11.1 Å². The van der Waals surface area contributed by atoms with Crippen LogP contribution in [-0.4, -0.2) is 28.9 Å². The Morgan fingerprint density at radius 2 is 1.73 bits per heavy atom. The molecule has 2 heterocycles. The normalized spacial score (nSPS) is 14.9. The molecule has 0 radical (unpaired) electrons. The Balaban J connectivity index is 1.63. The lowest BCUT2D eigenvalue weighted by molar-refractivity contribution is 0.0697. The van der Waals surface area contributed by atoms with Crippen molar-refractivity contribution < 1.29 is 23.8 Å². The maximum Gasteiger partial charge on any atom is 0.335 e. The van der Waals surface area contributed by atoms with Gasteiger partial charge in [0.1, 0.15) is 18.2 Å². The lowest BCUT2D eigenvalue weighted by Crippen LogP contribution is -2.08. The van der Waals surface area contributed by atoms with E-state index in [4.69, 9.17) is 9.47 Å². The van der Waals surface area contributed by atoms with E-state index >= 15 is 0 Å². The Kier molecular flexibility index (Phi) is 6.93. The molecule has 1 atom stereocenters. The monoisotopic (exact) mass is 533 g/mol. The van der Waals surface area contributed by atoms with Crippen LogP contribution in [0.15, 0.2) is 104 Å². The molecule has 200 valence electrons. The second-order valence-corrected chi connectivity index (χ2v) is 9.93. The van der Waals surface area contributed by atoms with E-state index in [1.165, 1.54) is 12.1 Å². The maximum absolute atomic E-state index is 14.0. The highest BCUT2D eigenvalue weighted by Crippen LogP contribution is 2.46. The molecule has 1 N–H and O–H groups in total. The molecule has 6 heteroatoms. The molecule has 1 saturated heterocycles. The van der Waals surface area contributed by atoms with Crippen LogP contribution in [0.4, 0.5) is 4.39 Å². The number of hydrogen-bond donors (Lipinski definition) is 1. The zero-order chi connectivity index (χ0) is 27.6. The van der Waals surface area contributed by atoms with Crippen molar-refractivity contribution in [1.29, 1.82) is 0 Å². The summed E-state index contributed by atoms with van der Waals surface area (Å²) >= 11 is 0. The lowest BCUT2D eigenvalue weighted by atomic mass is 9.91. The molecule has 40 heavy (non-hydrogen) atoms. The van der Waals surface area contributed by atoms with Crippen LogP contribution in [0.25, 0.3) is 33.3 Å². The molecular weight excluding hydrogens is 505 g/mol. The van der Waals surface area contributed by atoms with E-state index in [1.807, 2.05) is 60.7 Å². The van der Waals surface area contributed by atoms with Gasteiger partial charge in [0, 0.05) is 23.8 Å². The summed E-state index contributed by atoms with van der Waals surface area (Å²) in [6.07, 6.45) is 0.846. The third kappa shape index (κ3) is 4.78. The number of aromatic carboxylic acids is 1. The van der Waals surface area contributed by atoms with Crippen LogP contribution < -0.4 is 4.74 Å². The number of nitrogens with zero attached hydrogens (tertiary/aromatic N) is 1. The molecule has 6 rings (SSSR count). The van der Waals surface area contributed by atoms with Gasteiger partial charge in [0.2, 0.25) is 0 Å².